The molecule has 2 rings (SSSR count). The molecule has 1 aliphatic rings. The highest BCUT2D eigenvalue weighted by Gasteiger charge is 2.26. The van der Waals surface area contributed by atoms with Crippen LogP contribution in [0, 0.1) is 0 Å². The van der Waals surface area contributed by atoms with Gasteiger partial charge >= 0.3 is 0 Å². The van der Waals surface area contributed by atoms with Crippen molar-refractivity contribution in [2.75, 3.05) is 0 Å². The first-order valence-corrected chi connectivity index (χ1v) is 5.08. The molecular formula is C12H17NO. The van der Waals surface area contributed by atoms with Gasteiger partial charge in [0, 0.05) is 18.4 Å². The topological polar surface area (TPSA) is 35.2 Å². The van der Waals surface area contributed by atoms with E-state index in [1.807, 2.05) is 26.0 Å². The zero-order chi connectivity index (χ0) is 10.2. The Hall–Kier alpha value is -1.02. The van der Waals surface area contributed by atoms with Crippen LogP contribution >= 0.6 is 0 Å². The fourth-order valence-electron chi connectivity index (χ4n) is 1.95. The number of rotatable bonds is 2. The van der Waals surface area contributed by atoms with Crippen LogP contribution in [-0.4, -0.2) is 11.6 Å². The maximum atomic E-state index is 5.97. The summed E-state index contributed by atoms with van der Waals surface area (Å²) in [6.07, 6.45) is 2.16. The van der Waals surface area contributed by atoms with Crippen LogP contribution in [0.3, 0.4) is 0 Å². The first-order chi connectivity index (χ1) is 6.54. The van der Waals surface area contributed by atoms with E-state index in [1.165, 1.54) is 5.56 Å². The number of ether oxygens (including phenoxy) is 1. The molecule has 1 aliphatic heterocycles. The lowest BCUT2D eigenvalue weighted by molar-refractivity contribution is 0.191. The number of para-hydroxylation sites is 1. The van der Waals surface area contributed by atoms with E-state index >= 15 is 0 Å². The lowest BCUT2D eigenvalue weighted by Crippen LogP contribution is -2.37. The Labute approximate surface area is 85.1 Å². The van der Waals surface area contributed by atoms with E-state index in [4.69, 9.17) is 10.5 Å². The van der Waals surface area contributed by atoms with Crippen molar-refractivity contribution >= 4 is 0 Å². The van der Waals surface area contributed by atoms with Gasteiger partial charge in [0.25, 0.3) is 0 Å². The van der Waals surface area contributed by atoms with Gasteiger partial charge in [-0.1, -0.05) is 18.2 Å². The standard InChI is InChI=1S/C12H17NO/c1-12(2,13)8-10-7-9-5-3-4-6-11(9)14-10/h3-6,10H,7-8,13H2,1-2H3. The summed E-state index contributed by atoms with van der Waals surface area (Å²) < 4.78 is 5.80. The van der Waals surface area contributed by atoms with Crippen LogP contribution in [0.4, 0.5) is 0 Å². The molecule has 1 aromatic carbocycles. The predicted molar refractivity (Wildman–Crippen MR) is 57.4 cm³/mol. The number of nitrogens with two attached hydrogens (primary N) is 1. The Morgan fingerprint density at radius 3 is 2.79 bits per heavy atom. The molecule has 2 N–H and O–H groups in total. The molecule has 0 amide bonds. The van der Waals surface area contributed by atoms with Crippen molar-refractivity contribution in [3.05, 3.63) is 29.8 Å². The zero-order valence-electron chi connectivity index (χ0n) is 8.79. The fourth-order valence-corrected chi connectivity index (χ4v) is 1.95. The second-order valence-electron chi connectivity index (χ2n) is 4.74. The Morgan fingerprint density at radius 1 is 1.43 bits per heavy atom. The second kappa shape index (κ2) is 3.28. The lowest BCUT2D eigenvalue weighted by atomic mass is 9.96. The molecular weight excluding hydrogens is 174 g/mol. The van der Waals surface area contributed by atoms with Gasteiger partial charge in [-0.25, -0.2) is 0 Å². The third-order valence-corrected chi connectivity index (χ3v) is 2.47. The molecule has 14 heavy (non-hydrogen) atoms. The van der Waals surface area contributed by atoms with Crippen molar-refractivity contribution in [3.63, 3.8) is 0 Å². The van der Waals surface area contributed by atoms with E-state index in [2.05, 4.69) is 12.1 Å². The second-order valence-corrected chi connectivity index (χ2v) is 4.74. The van der Waals surface area contributed by atoms with Crippen LogP contribution < -0.4 is 10.5 Å². The quantitative estimate of drug-likeness (QED) is 0.777. The van der Waals surface area contributed by atoms with E-state index in [9.17, 15) is 0 Å². The Bertz CT molecular complexity index is 302. The maximum absolute atomic E-state index is 5.97. The van der Waals surface area contributed by atoms with Crippen molar-refractivity contribution in [3.8, 4) is 5.75 Å². The number of benzene rings is 1. The third kappa shape index (κ3) is 2.07. The number of fused-ring (bicyclic) bond motifs is 1. The van der Waals surface area contributed by atoms with Crippen molar-refractivity contribution in [2.45, 2.75) is 38.3 Å². The molecule has 0 bridgehead atoms. The SMILES string of the molecule is CC(C)(N)CC1Cc2ccccc2O1. The van der Waals surface area contributed by atoms with Crippen molar-refractivity contribution < 1.29 is 4.74 Å². The molecule has 0 aliphatic carbocycles. The van der Waals surface area contributed by atoms with Gasteiger partial charge in [-0.15, -0.1) is 0 Å². The first-order valence-electron chi connectivity index (χ1n) is 5.08. The molecule has 1 heterocycles. The van der Waals surface area contributed by atoms with Gasteiger partial charge in [-0.3, -0.25) is 0 Å². The zero-order valence-corrected chi connectivity index (χ0v) is 8.79. The molecule has 0 spiro atoms. The van der Waals surface area contributed by atoms with Crippen LogP contribution in [0.2, 0.25) is 0 Å². The van der Waals surface area contributed by atoms with Gasteiger partial charge < -0.3 is 10.5 Å². The summed E-state index contributed by atoms with van der Waals surface area (Å²) in [5.41, 5.74) is 7.13. The van der Waals surface area contributed by atoms with E-state index in [1.54, 1.807) is 0 Å². The van der Waals surface area contributed by atoms with Crippen LogP contribution in [0.25, 0.3) is 0 Å². The molecule has 76 valence electrons. The van der Waals surface area contributed by atoms with E-state index < -0.39 is 0 Å². The third-order valence-electron chi connectivity index (χ3n) is 2.47. The van der Waals surface area contributed by atoms with Crippen LogP contribution in [-0.2, 0) is 6.42 Å². The van der Waals surface area contributed by atoms with Crippen LogP contribution in [0.5, 0.6) is 5.75 Å². The van der Waals surface area contributed by atoms with Gasteiger partial charge in [-0.05, 0) is 25.5 Å². The average molecular weight is 191 g/mol. The number of hydrogen-bond donors (Lipinski definition) is 1. The lowest BCUT2D eigenvalue weighted by Gasteiger charge is -2.22. The van der Waals surface area contributed by atoms with Crippen molar-refractivity contribution in [1.82, 2.24) is 0 Å². The minimum atomic E-state index is -0.146. The molecule has 0 fully saturated rings. The van der Waals surface area contributed by atoms with Crippen molar-refractivity contribution in [1.29, 1.82) is 0 Å². The summed E-state index contributed by atoms with van der Waals surface area (Å²) in [5.74, 6) is 1.03. The van der Waals surface area contributed by atoms with Crippen LogP contribution in [0.15, 0.2) is 24.3 Å². The van der Waals surface area contributed by atoms with E-state index in [-0.39, 0.29) is 11.6 Å². The summed E-state index contributed by atoms with van der Waals surface area (Å²) >= 11 is 0. The molecule has 0 saturated heterocycles. The summed E-state index contributed by atoms with van der Waals surface area (Å²) in [5, 5.41) is 0. The highest BCUT2D eigenvalue weighted by Crippen LogP contribution is 2.30. The van der Waals surface area contributed by atoms with E-state index in [0.717, 1.165) is 18.6 Å². The summed E-state index contributed by atoms with van der Waals surface area (Å²) in [4.78, 5) is 0. The van der Waals surface area contributed by atoms with Crippen LogP contribution in [0.1, 0.15) is 25.8 Å². The molecule has 0 radical (unpaired) electrons. The Balaban J connectivity index is 2.05. The largest absolute Gasteiger partial charge is 0.490 e. The predicted octanol–water partition coefficient (Wildman–Crippen LogP) is 2.12. The fraction of sp³-hybridized carbons (Fsp3) is 0.500. The summed E-state index contributed by atoms with van der Waals surface area (Å²) in [7, 11) is 0. The maximum Gasteiger partial charge on any atom is 0.123 e. The Kier molecular flexibility index (Phi) is 2.23. The molecule has 2 heteroatoms. The monoisotopic (exact) mass is 191 g/mol. The smallest absolute Gasteiger partial charge is 0.123 e. The molecule has 1 atom stereocenters. The molecule has 1 unspecified atom stereocenters. The van der Waals surface area contributed by atoms with Gasteiger partial charge in [-0.2, -0.15) is 0 Å². The highest BCUT2D eigenvalue weighted by atomic mass is 16.5. The average Bonchev–Trinajstić information content (AvgIpc) is 2.42. The van der Waals surface area contributed by atoms with Gasteiger partial charge in [0.1, 0.15) is 11.9 Å². The molecule has 0 aromatic heterocycles. The minimum Gasteiger partial charge on any atom is -0.490 e. The van der Waals surface area contributed by atoms with E-state index in [0.29, 0.717) is 0 Å². The number of hydrogen-bond acceptors (Lipinski definition) is 2. The summed E-state index contributed by atoms with van der Waals surface area (Å²) in [6.45, 7) is 4.08. The minimum absolute atomic E-state index is 0.146. The normalized spacial score (nSPS) is 20.4. The first kappa shape index (κ1) is 9.53. The van der Waals surface area contributed by atoms with Gasteiger partial charge in [0.2, 0.25) is 0 Å². The van der Waals surface area contributed by atoms with Gasteiger partial charge in [0.05, 0.1) is 0 Å². The molecule has 0 saturated carbocycles. The van der Waals surface area contributed by atoms with Gasteiger partial charge in [0.15, 0.2) is 0 Å². The van der Waals surface area contributed by atoms with Crippen molar-refractivity contribution in [2.24, 2.45) is 5.73 Å². The molecule has 1 aromatic rings. The summed E-state index contributed by atoms with van der Waals surface area (Å²) in [6, 6.07) is 8.21. The molecule has 2 nitrogen and oxygen atoms in total. The Morgan fingerprint density at radius 2 is 2.14 bits per heavy atom. The highest BCUT2D eigenvalue weighted by molar-refractivity contribution is 5.37.